The number of anilines is 2. The van der Waals surface area contributed by atoms with E-state index in [1.54, 1.807) is 0 Å². The maximum atomic E-state index is 12.0. The Morgan fingerprint density at radius 1 is 0.791 bits per heavy atom. The number of phenolic OH excluding ortho intramolecular Hbond substituents is 2. The second kappa shape index (κ2) is 17.4. The number of aliphatic hydroxyl groups is 2. The molecule has 8 N–H and O–H groups in total. The summed E-state index contributed by atoms with van der Waals surface area (Å²) in [6.45, 7) is 8.01. The fraction of sp³-hybridized carbons (Fsp3) is 0.355. The molecule has 3 aromatic rings. The molecule has 10 nitrogen and oxygen atoms in total. The van der Waals surface area contributed by atoms with Gasteiger partial charge in [-0.2, -0.15) is 0 Å². The lowest BCUT2D eigenvalue weighted by molar-refractivity contribution is 0.194. The highest BCUT2D eigenvalue weighted by Gasteiger charge is 2.16. The van der Waals surface area contributed by atoms with Crippen molar-refractivity contribution in [3.63, 3.8) is 0 Å². The molecule has 0 aliphatic carbocycles. The van der Waals surface area contributed by atoms with Crippen LogP contribution in [0.5, 0.6) is 11.5 Å². The summed E-state index contributed by atoms with van der Waals surface area (Å²) >= 11 is 11.9. The van der Waals surface area contributed by atoms with Crippen molar-refractivity contribution in [2.45, 2.75) is 65.7 Å². The zero-order chi connectivity index (χ0) is 32.1. The van der Waals surface area contributed by atoms with Crippen molar-refractivity contribution in [2.75, 3.05) is 17.2 Å². The molecule has 0 spiro atoms. The average Bonchev–Trinajstić information content (AvgIpc) is 2.94. The third-order valence-electron chi connectivity index (χ3n) is 6.37. The Morgan fingerprint density at radius 2 is 1.28 bits per heavy atom. The summed E-state index contributed by atoms with van der Waals surface area (Å²) in [5.41, 5.74) is 2.94. The Hall–Kier alpha value is -3.70. The van der Waals surface area contributed by atoms with Crippen LogP contribution in [0.25, 0.3) is 0 Å². The van der Waals surface area contributed by atoms with Gasteiger partial charge in [0.2, 0.25) is 0 Å². The highest BCUT2D eigenvalue weighted by atomic mass is 35.5. The van der Waals surface area contributed by atoms with Gasteiger partial charge in [0.15, 0.2) is 0 Å². The summed E-state index contributed by atoms with van der Waals surface area (Å²) in [6.07, 6.45) is 1.26. The first-order chi connectivity index (χ1) is 20.3. The number of aromatic hydroxyl groups is 2. The molecule has 4 amide bonds. The molecule has 3 aromatic carbocycles. The Bertz CT molecular complexity index is 1380. The zero-order valence-electron chi connectivity index (χ0n) is 24.7. The number of unbranched alkanes of at least 4 members (excludes halogenated alkanes) is 2. The van der Waals surface area contributed by atoms with E-state index in [1.807, 2.05) is 31.2 Å². The lowest BCUT2D eigenvalue weighted by Crippen LogP contribution is -2.29. The van der Waals surface area contributed by atoms with Crippen LogP contribution in [-0.4, -0.2) is 39.0 Å². The van der Waals surface area contributed by atoms with Gasteiger partial charge in [0.05, 0.1) is 23.6 Å². The molecule has 0 bridgehead atoms. The van der Waals surface area contributed by atoms with Crippen LogP contribution in [0.4, 0.5) is 21.0 Å². The molecule has 0 heterocycles. The van der Waals surface area contributed by atoms with E-state index in [9.17, 15) is 30.0 Å². The average molecular weight is 636 g/mol. The Balaban J connectivity index is 0.000000304. The largest absolute Gasteiger partial charge is 0.505 e. The van der Waals surface area contributed by atoms with Gasteiger partial charge in [-0.25, -0.2) is 9.59 Å². The fourth-order valence-electron chi connectivity index (χ4n) is 3.96. The summed E-state index contributed by atoms with van der Waals surface area (Å²) in [5, 5.41) is 50.4. The number of benzene rings is 3. The molecule has 43 heavy (non-hydrogen) atoms. The summed E-state index contributed by atoms with van der Waals surface area (Å²) in [4.78, 5) is 23.7. The number of aliphatic hydroxyl groups excluding tert-OH is 2. The van der Waals surface area contributed by atoms with E-state index in [1.165, 1.54) is 38.1 Å². The van der Waals surface area contributed by atoms with Crippen molar-refractivity contribution >= 4 is 46.6 Å². The van der Waals surface area contributed by atoms with E-state index in [4.69, 9.17) is 23.2 Å². The molecule has 2 atom stereocenters. The van der Waals surface area contributed by atoms with Crippen LogP contribution in [0.15, 0.2) is 48.5 Å². The van der Waals surface area contributed by atoms with Crippen LogP contribution < -0.4 is 21.3 Å². The highest BCUT2D eigenvalue weighted by molar-refractivity contribution is 6.31. The number of aryl methyl sites for hydroxylation is 1. The first-order valence-electron chi connectivity index (χ1n) is 13.9. The number of phenols is 2. The molecular formula is C31H40Cl2N4O6. The topological polar surface area (TPSA) is 163 Å². The monoisotopic (exact) mass is 634 g/mol. The summed E-state index contributed by atoms with van der Waals surface area (Å²) in [6, 6.07) is 12.6. The van der Waals surface area contributed by atoms with Crippen molar-refractivity contribution in [1.29, 1.82) is 0 Å². The van der Waals surface area contributed by atoms with Gasteiger partial charge in [0.1, 0.15) is 11.5 Å². The second-order valence-corrected chi connectivity index (χ2v) is 10.8. The normalized spacial score (nSPS) is 11.9. The summed E-state index contributed by atoms with van der Waals surface area (Å²) < 4.78 is 0. The summed E-state index contributed by atoms with van der Waals surface area (Å²) in [5.74, 6) is -0.372. The first kappa shape index (κ1) is 35.5. The predicted octanol–water partition coefficient (Wildman–Crippen LogP) is 7.14. The molecular weight excluding hydrogens is 595 g/mol. The van der Waals surface area contributed by atoms with E-state index in [-0.39, 0.29) is 34.0 Å². The lowest BCUT2D eigenvalue weighted by Gasteiger charge is -2.14. The highest BCUT2D eigenvalue weighted by Crippen LogP contribution is 2.36. The fourth-order valence-corrected chi connectivity index (χ4v) is 4.42. The van der Waals surface area contributed by atoms with Crippen molar-refractivity contribution < 1.29 is 30.0 Å². The molecule has 234 valence electrons. The molecule has 0 radical (unpaired) electrons. The van der Waals surface area contributed by atoms with Gasteiger partial charge in [-0.05, 0) is 62.6 Å². The van der Waals surface area contributed by atoms with Crippen LogP contribution in [0.1, 0.15) is 74.5 Å². The van der Waals surface area contributed by atoms with Crippen molar-refractivity contribution in [3.8, 4) is 11.5 Å². The number of nitrogens with one attached hydrogen (secondary N) is 4. The molecule has 3 rings (SSSR count). The molecule has 0 saturated heterocycles. The number of halogens is 2. The number of amides is 4. The SMILES string of the molecule is CCCCCNC(=O)Nc1cc(Cl)cc(C(C)O)c1O.Cc1ccccc1CNC(=O)Nc1cc(Cl)cc(C(C)O)c1O. The molecule has 0 saturated carbocycles. The van der Waals surface area contributed by atoms with Crippen LogP contribution in [0.3, 0.4) is 0 Å². The number of rotatable bonds is 10. The molecule has 2 unspecified atom stereocenters. The Morgan fingerprint density at radius 3 is 1.74 bits per heavy atom. The van der Waals surface area contributed by atoms with Gasteiger partial charge in [0.25, 0.3) is 0 Å². The van der Waals surface area contributed by atoms with E-state index in [0.717, 1.165) is 30.4 Å². The lowest BCUT2D eigenvalue weighted by atomic mass is 10.1. The van der Waals surface area contributed by atoms with Gasteiger partial charge in [0, 0.05) is 34.3 Å². The number of carbonyl (C=O) groups is 2. The predicted molar refractivity (Wildman–Crippen MR) is 171 cm³/mol. The third kappa shape index (κ3) is 11.5. The number of hydrogen-bond acceptors (Lipinski definition) is 6. The minimum Gasteiger partial charge on any atom is -0.505 e. The van der Waals surface area contributed by atoms with Crippen LogP contribution in [-0.2, 0) is 6.54 Å². The van der Waals surface area contributed by atoms with Gasteiger partial charge >= 0.3 is 12.1 Å². The number of urea groups is 2. The van der Waals surface area contributed by atoms with Crippen molar-refractivity contribution in [1.82, 2.24) is 10.6 Å². The molecule has 12 heteroatoms. The Labute approximate surface area is 262 Å². The van der Waals surface area contributed by atoms with Crippen molar-refractivity contribution in [2.24, 2.45) is 0 Å². The maximum absolute atomic E-state index is 12.0. The van der Waals surface area contributed by atoms with E-state index in [0.29, 0.717) is 23.1 Å². The second-order valence-electron chi connectivity index (χ2n) is 9.96. The quantitative estimate of drug-likeness (QED) is 0.0872. The molecule has 0 aromatic heterocycles. The minimum absolute atomic E-state index is 0.149. The Kier molecular flexibility index (Phi) is 14.4. The van der Waals surface area contributed by atoms with Gasteiger partial charge < -0.3 is 41.7 Å². The maximum Gasteiger partial charge on any atom is 0.319 e. The van der Waals surface area contributed by atoms with E-state index >= 15 is 0 Å². The standard InChI is InChI=1S/C17H19ClN2O3.C14H21ClN2O3/c1-10-5-3-4-6-12(10)9-19-17(23)20-15-8-13(18)7-14(11(2)21)16(15)22;1-3-4-5-6-16-14(20)17-12-8-10(15)7-11(9(2)18)13(12)19/h3-8,11,21-22H,9H2,1-2H3,(H2,19,20,23);7-9,18-19H,3-6H2,1-2H3,(H2,16,17,20). The van der Waals surface area contributed by atoms with Crippen LogP contribution in [0, 0.1) is 6.92 Å². The van der Waals surface area contributed by atoms with Gasteiger partial charge in [-0.15, -0.1) is 0 Å². The number of hydrogen-bond donors (Lipinski definition) is 8. The first-order valence-corrected chi connectivity index (χ1v) is 14.6. The molecule has 0 aliphatic heterocycles. The van der Waals surface area contributed by atoms with E-state index < -0.39 is 24.3 Å². The smallest absolute Gasteiger partial charge is 0.319 e. The van der Waals surface area contributed by atoms with Gasteiger partial charge in [-0.3, -0.25) is 0 Å². The van der Waals surface area contributed by atoms with Crippen LogP contribution in [0.2, 0.25) is 10.0 Å². The molecule has 0 aliphatic rings. The van der Waals surface area contributed by atoms with Crippen LogP contribution >= 0.6 is 23.2 Å². The minimum atomic E-state index is -0.899. The zero-order valence-corrected chi connectivity index (χ0v) is 26.2. The summed E-state index contributed by atoms with van der Waals surface area (Å²) in [7, 11) is 0. The van der Waals surface area contributed by atoms with Gasteiger partial charge in [-0.1, -0.05) is 67.2 Å². The number of carbonyl (C=O) groups excluding carboxylic acids is 2. The van der Waals surface area contributed by atoms with E-state index in [2.05, 4.69) is 28.2 Å². The third-order valence-corrected chi connectivity index (χ3v) is 6.81. The van der Waals surface area contributed by atoms with Crippen molar-refractivity contribution in [3.05, 3.63) is 80.8 Å². The molecule has 0 fully saturated rings.